The summed E-state index contributed by atoms with van der Waals surface area (Å²) >= 11 is 0. The van der Waals surface area contributed by atoms with Crippen LogP contribution in [0.3, 0.4) is 0 Å². The molecule has 0 spiro atoms. The second-order valence-electron chi connectivity index (χ2n) is 10.9. The Morgan fingerprint density at radius 2 is 1.65 bits per heavy atom. The van der Waals surface area contributed by atoms with Gasteiger partial charge in [0.15, 0.2) is 5.78 Å². The van der Waals surface area contributed by atoms with Gasteiger partial charge < -0.3 is 15.4 Å². The van der Waals surface area contributed by atoms with Gasteiger partial charge in [0.05, 0.1) is 6.10 Å². The normalized spacial score (nSPS) is 29.7. The minimum Gasteiger partial charge on any atom is -0.381 e. The van der Waals surface area contributed by atoms with Crippen molar-refractivity contribution in [2.24, 2.45) is 35.3 Å². The van der Waals surface area contributed by atoms with Crippen molar-refractivity contribution >= 4 is 11.7 Å². The summed E-state index contributed by atoms with van der Waals surface area (Å²) < 4.78 is 18.7. The van der Waals surface area contributed by atoms with Crippen molar-refractivity contribution in [2.45, 2.75) is 70.3 Å². The summed E-state index contributed by atoms with van der Waals surface area (Å²) in [5.41, 5.74) is 6.50. The molecule has 0 aromatic heterocycles. The standard InChI is InChI=1S/C28H41FN2O3/c1-34-25-11-8-23(18-25)26(28(30)33)20-4-2-19(3-5-20)12-15-31-16-13-22(14-17-31)27(32)21-6-9-24(29)10-7-21/h6-7,9-10,19-20,22-23,25-26H,2-5,8,11-18H2,1H3,(H2,30,33)/t19?,20?,23-,25-,26?/m0/s1. The number of likely N-dealkylation sites (tertiary alicyclic amines) is 1. The van der Waals surface area contributed by atoms with Crippen LogP contribution in [-0.4, -0.2) is 49.4 Å². The maximum absolute atomic E-state index is 13.1. The Morgan fingerprint density at radius 1 is 1.00 bits per heavy atom. The van der Waals surface area contributed by atoms with Gasteiger partial charge in [-0.25, -0.2) is 4.39 Å². The number of rotatable bonds is 9. The van der Waals surface area contributed by atoms with E-state index in [1.807, 2.05) is 0 Å². The Balaban J connectivity index is 1.17. The maximum Gasteiger partial charge on any atom is 0.221 e. The molecule has 34 heavy (non-hydrogen) atoms. The fourth-order valence-electron chi connectivity index (χ4n) is 6.83. The lowest BCUT2D eigenvalue weighted by atomic mass is 9.70. The fraction of sp³-hybridized carbons (Fsp3) is 0.714. The highest BCUT2D eigenvalue weighted by atomic mass is 19.1. The van der Waals surface area contributed by atoms with E-state index in [4.69, 9.17) is 10.5 Å². The van der Waals surface area contributed by atoms with Crippen molar-refractivity contribution in [1.82, 2.24) is 4.90 Å². The number of benzene rings is 1. The van der Waals surface area contributed by atoms with Crippen molar-refractivity contribution in [2.75, 3.05) is 26.7 Å². The van der Waals surface area contributed by atoms with Crippen LogP contribution in [0, 0.1) is 35.4 Å². The van der Waals surface area contributed by atoms with E-state index in [0.29, 0.717) is 23.5 Å². The van der Waals surface area contributed by atoms with Crippen LogP contribution >= 0.6 is 0 Å². The molecule has 1 saturated heterocycles. The molecule has 1 aromatic rings. The van der Waals surface area contributed by atoms with Gasteiger partial charge in [0.25, 0.3) is 0 Å². The van der Waals surface area contributed by atoms with Crippen LogP contribution < -0.4 is 5.73 Å². The number of hydrogen-bond acceptors (Lipinski definition) is 4. The van der Waals surface area contributed by atoms with Crippen LogP contribution in [0.5, 0.6) is 0 Å². The second-order valence-corrected chi connectivity index (χ2v) is 10.9. The smallest absolute Gasteiger partial charge is 0.221 e. The minimum absolute atomic E-state index is 0.0128. The number of carbonyl (C=O) groups excluding carboxylic acids is 2. The van der Waals surface area contributed by atoms with Crippen molar-refractivity contribution in [3.63, 3.8) is 0 Å². The van der Waals surface area contributed by atoms with Crippen LogP contribution in [0.2, 0.25) is 0 Å². The maximum atomic E-state index is 13.1. The van der Waals surface area contributed by atoms with Crippen LogP contribution in [0.25, 0.3) is 0 Å². The molecule has 1 heterocycles. The summed E-state index contributed by atoms with van der Waals surface area (Å²) in [6.45, 7) is 3.00. The van der Waals surface area contributed by atoms with Crippen LogP contribution in [0.1, 0.15) is 74.6 Å². The van der Waals surface area contributed by atoms with E-state index < -0.39 is 0 Å². The highest BCUT2D eigenvalue weighted by Gasteiger charge is 2.40. The SMILES string of the molecule is CO[C@H]1CC[C@H](C(C(N)=O)C2CCC(CCN3CCC(C(=O)c4ccc(F)cc4)CC3)CC2)C1. The lowest BCUT2D eigenvalue weighted by Crippen LogP contribution is -2.39. The molecule has 3 fully saturated rings. The summed E-state index contributed by atoms with van der Waals surface area (Å²) in [4.78, 5) is 27.5. The van der Waals surface area contributed by atoms with Gasteiger partial charge in [0, 0.05) is 24.5 Å². The zero-order valence-electron chi connectivity index (χ0n) is 20.6. The lowest BCUT2D eigenvalue weighted by molar-refractivity contribution is -0.126. The summed E-state index contributed by atoms with van der Waals surface area (Å²) in [5.74, 6) is 1.35. The number of halogens is 1. The third-order valence-corrected chi connectivity index (χ3v) is 8.93. The molecule has 188 valence electrons. The van der Waals surface area contributed by atoms with E-state index in [0.717, 1.165) is 70.5 Å². The number of nitrogens with zero attached hydrogens (tertiary/aromatic N) is 1. The molecule has 4 rings (SSSR count). The Hall–Kier alpha value is -1.79. The number of amides is 1. The number of Topliss-reactive ketones (excluding diaryl/α,β-unsaturated/α-hetero) is 1. The molecule has 1 aromatic carbocycles. The highest BCUT2D eigenvalue weighted by Crippen LogP contribution is 2.43. The Bertz CT molecular complexity index is 813. The van der Waals surface area contributed by atoms with Gasteiger partial charge in [-0.1, -0.05) is 12.8 Å². The third kappa shape index (κ3) is 6.25. The average Bonchev–Trinajstić information content (AvgIpc) is 3.32. The van der Waals surface area contributed by atoms with Gasteiger partial charge in [-0.2, -0.15) is 0 Å². The van der Waals surface area contributed by atoms with Gasteiger partial charge in [0.1, 0.15) is 5.82 Å². The van der Waals surface area contributed by atoms with Gasteiger partial charge >= 0.3 is 0 Å². The molecular weight excluding hydrogens is 431 g/mol. The molecule has 0 radical (unpaired) electrons. The van der Waals surface area contributed by atoms with Crippen LogP contribution in [0.4, 0.5) is 4.39 Å². The molecule has 1 unspecified atom stereocenters. The quantitative estimate of drug-likeness (QED) is 0.522. The van der Waals surface area contributed by atoms with E-state index in [-0.39, 0.29) is 29.3 Å². The first-order chi connectivity index (χ1) is 16.4. The third-order valence-electron chi connectivity index (χ3n) is 8.93. The van der Waals surface area contributed by atoms with E-state index in [2.05, 4.69) is 4.90 Å². The predicted molar refractivity (Wildman–Crippen MR) is 131 cm³/mol. The molecule has 1 amide bonds. The van der Waals surface area contributed by atoms with E-state index >= 15 is 0 Å². The summed E-state index contributed by atoms with van der Waals surface area (Å²) in [6.07, 6.45) is 10.9. The summed E-state index contributed by atoms with van der Waals surface area (Å²) in [5, 5.41) is 0. The van der Waals surface area contributed by atoms with E-state index in [9.17, 15) is 14.0 Å². The molecule has 2 N–H and O–H groups in total. The van der Waals surface area contributed by atoms with E-state index in [1.165, 1.54) is 31.4 Å². The molecule has 2 aliphatic carbocycles. The molecule has 1 aliphatic heterocycles. The van der Waals surface area contributed by atoms with Crippen molar-refractivity contribution in [1.29, 1.82) is 0 Å². The largest absolute Gasteiger partial charge is 0.381 e. The van der Waals surface area contributed by atoms with Gasteiger partial charge in [-0.15, -0.1) is 0 Å². The van der Waals surface area contributed by atoms with Crippen LogP contribution in [0.15, 0.2) is 24.3 Å². The number of primary amides is 1. The number of carbonyl (C=O) groups is 2. The first-order valence-electron chi connectivity index (χ1n) is 13.3. The van der Waals surface area contributed by atoms with Crippen molar-refractivity contribution in [3.8, 4) is 0 Å². The van der Waals surface area contributed by atoms with E-state index in [1.54, 1.807) is 19.2 Å². The number of ketones is 1. The zero-order chi connectivity index (χ0) is 24.1. The van der Waals surface area contributed by atoms with Gasteiger partial charge in [0.2, 0.25) is 5.91 Å². The minimum atomic E-state index is -0.302. The second kappa shape index (κ2) is 11.8. The van der Waals surface area contributed by atoms with Crippen molar-refractivity contribution in [3.05, 3.63) is 35.6 Å². The summed E-state index contributed by atoms with van der Waals surface area (Å²) in [7, 11) is 1.77. The fourth-order valence-corrected chi connectivity index (χ4v) is 6.83. The number of methoxy groups -OCH3 is 1. The summed E-state index contributed by atoms with van der Waals surface area (Å²) in [6, 6.07) is 5.94. The molecule has 0 bridgehead atoms. The number of ether oxygens (including phenoxy) is 1. The zero-order valence-corrected chi connectivity index (χ0v) is 20.6. The lowest BCUT2D eigenvalue weighted by Gasteiger charge is -2.36. The van der Waals surface area contributed by atoms with Gasteiger partial charge in [-0.3, -0.25) is 9.59 Å². The first kappa shape index (κ1) is 25.3. The Morgan fingerprint density at radius 3 is 2.24 bits per heavy atom. The molecular formula is C28H41FN2O3. The van der Waals surface area contributed by atoms with Crippen LogP contribution in [-0.2, 0) is 9.53 Å². The Labute approximate surface area is 203 Å². The number of nitrogens with two attached hydrogens (primary N) is 1. The van der Waals surface area contributed by atoms with Crippen molar-refractivity contribution < 1.29 is 18.7 Å². The topological polar surface area (TPSA) is 72.6 Å². The molecule has 3 aliphatic rings. The Kier molecular flexibility index (Phi) is 8.75. The molecule has 2 saturated carbocycles. The molecule has 3 atom stereocenters. The number of hydrogen-bond donors (Lipinski definition) is 1. The number of piperidine rings is 1. The van der Waals surface area contributed by atoms with Gasteiger partial charge in [-0.05, 0) is 113 Å². The first-order valence-corrected chi connectivity index (χ1v) is 13.3. The highest BCUT2D eigenvalue weighted by molar-refractivity contribution is 5.97. The monoisotopic (exact) mass is 472 g/mol. The molecule has 5 nitrogen and oxygen atoms in total. The molecule has 6 heteroatoms. The average molecular weight is 473 g/mol. The predicted octanol–water partition coefficient (Wildman–Crippen LogP) is 4.83.